The molecule has 0 saturated carbocycles. The Morgan fingerprint density at radius 2 is 1.79 bits per heavy atom. The van der Waals surface area contributed by atoms with Gasteiger partial charge in [0.25, 0.3) is 10.0 Å². The summed E-state index contributed by atoms with van der Waals surface area (Å²) in [5.74, 6) is -1.18. The van der Waals surface area contributed by atoms with Crippen molar-refractivity contribution in [1.82, 2.24) is 8.75 Å². The minimum atomic E-state index is -4.00. The van der Waals surface area contributed by atoms with E-state index in [1.54, 1.807) is 36.4 Å². The van der Waals surface area contributed by atoms with E-state index in [1.165, 1.54) is 6.07 Å². The van der Waals surface area contributed by atoms with Gasteiger partial charge in [0.1, 0.15) is 27.4 Å². The molecule has 1 atom stereocenters. The Morgan fingerprint density at radius 1 is 1.03 bits per heavy atom. The second-order valence-electron chi connectivity index (χ2n) is 9.77. The van der Waals surface area contributed by atoms with Crippen molar-refractivity contribution in [1.29, 1.82) is 0 Å². The van der Waals surface area contributed by atoms with Crippen LogP contribution in [0.25, 0.3) is 11.0 Å². The van der Waals surface area contributed by atoms with E-state index in [-0.39, 0.29) is 56.9 Å². The van der Waals surface area contributed by atoms with E-state index in [0.29, 0.717) is 23.9 Å². The van der Waals surface area contributed by atoms with E-state index in [2.05, 4.69) is 13.5 Å². The van der Waals surface area contributed by atoms with Crippen LogP contribution in [0.5, 0.6) is 5.75 Å². The largest absolute Gasteiger partial charge is 0.506 e. The number of fused-ring (bicyclic) bond motifs is 2. The van der Waals surface area contributed by atoms with Crippen LogP contribution in [0.2, 0.25) is 0 Å². The Bertz CT molecular complexity index is 1690. The lowest BCUT2D eigenvalue weighted by atomic mass is 9.81. The van der Waals surface area contributed by atoms with Crippen molar-refractivity contribution in [3.63, 3.8) is 0 Å². The lowest BCUT2D eigenvalue weighted by Crippen LogP contribution is -2.22. The van der Waals surface area contributed by atoms with Gasteiger partial charge >= 0.3 is 5.63 Å². The summed E-state index contributed by atoms with van der Waals surface area (Å²) in [5, 5.41) is 11.3. The van der Waals surface area contributed by atoms with Crippen LogP contribution in [0.4, 0.5) is 5.69 Å². The third kappa shape index (κ3) is 4.83. The smallest absolute Gasteiger partial charge is 0.343 e. The molecule has 4 aromatic rings. The average Bonchev–Trinajstić information content (AvgIpc) is 3.33. The summed E-state index contributed by atoms with van der Waals surface area (Å²) >= 11 is 0.933. The van der Waals surface area contributed by atoms with E-state index >= 15 is 0 Å². The van der Waals surface area contributed by atoms with Gasteiger partial charge in [-0.05, 0) is 48.6 Å². The molecule has 38 heavy (non-hydrogen) atoms. The summed E-state index contributed by atoms with van der Waals surface area (Å²) in [6.45, 7) is 3.77. The Kier molecular flexibility index (Phi) is 7.06. The number of rotatable bonds is 6. The highest BCUT2D eigenvalue weighted by Crippen LogP contribution is 2.39. The Morgan fingerprint density at radius 3 is 2.58 bits per heavy atom. The first-order chi connectivity index (χ1) is 18.2. The van der Waals surface area contributed by atoms with E-state index < -0.39 is 21.6 Å². The molecule has 2 N–H and O–H groups in total. The SMILES string of the molecule is CC(C)C(c1cccc(NS(=O)(=O)c2cccc3nsnc23)c1)c1c(O)c2c(oc1=O)CCCCCC2=O. The lowest BCUT2D eigenvalue weighted by molar-refractivity contribution is 0.0968. The third-order valence-corrected chi connectivity index (χ3v) is 8.76. The second kappa shape index (κ2) is 10.3. The molecule has 0 amide bonds. The number of nitrogens with one attached hydrogen (secondary N) is 1. The monoisotopic (exact) mass is 553 g/mol. The fourth-order valence-corrected chi connectivity index (χ4v) is 6.90. The molecule has 0 aliphatic heterocycles. The van der Waals surface area contributed by atoms with Crippen molar-refractivity contribution in [3.8, 4) is 5.75 Å². The van der Waals surface area contributed by atoms with Crippen LogP contribution in [0.15, 0.2) is 56.6 Å². The van der Waals surface area contributed by atoms with Crippen molar-refractivity contribution in [3.05, 3.63) is 75.3 Å². The summed E-state index contributed by atoms with van der Waals surface area (Å²) in [5.41, 5.74) is 1.05. The summed E-state index contributed by atoms with van der Waals surface area (Å²) in [7, 11) is -4.00. The minimum Gasteiger partial charge on any atom is -0.506 e. The van der Waals surface area contributed by atoms with Crippen LogP contribution >= 0.6 is 11.7 Å². The number of aromatic nitrogens is 2. The standard InChI is InChI=1S/C27H27N3O6S2/c1-15(2)22(24-26(32)23-19(31)11-4-3-5-12-20(23)36-27(24)33)16-8-6-9-17(14-16)30-38(34,35)21-13-7-10-18-25(21)29-37-28-18/h6-10,13-15,22,30,32H,3-5,11-12H2,1-2H3. The molecule has 1 aliphatic rings. The number of anilines is 1. The molecular formula is C27H27N3O6S2. The highest BCUT2D eigenvalue weighted by molar-refractivity contribution is 7.93. The van der Waals surface area contributed by atoms with Gasteiger partial charge in [-0.2, -0.15) is 8.75 Å². The van der Waals surface area contributed by atoms with Crippen molar-refractivity contribution in [2.24, 2.45) is 5.92 Å². The third-order valence-electron chi connectivity index (χ3n) is 6.81. The van der Waals surface area contributed by atoms with E-state index in [9.17, 15) is 23.1 Å². The van der Waals surface area contributed by atoms with E-state index in [0.717, 1.165) is 24.6 Å². The first kappa shape index (κ1) is 26.1. The molecule has 1 unspecified atom stereocenters. The quantitative estimate of drug-likeness (QED) is 0.330. The zero-order chi connectivity index (χ0) is 27.0. The molecule has 0 radical (unpaired) electrons. The van der Waals surface area contributed by atoms with Crippen LogP contribution < -0.4 is 10.3 Å². The molecule has 0 fully saturated rings. The predicted molar refractivity (Wildman–Crippen MR) is 144 cm³/mol. The predicted octanol–water partition coefficient (Wildman–Crippen LogP) is 5.24. The number of hydrogen-bond acceptors (Lipinski definition) is 9. The number of benzene rings is 2. The first-order valence-corrected chi connectivity index (χ1v) is 14.6. The number of sulfonamides is 1. The molecule has 9 nitrogen and oxygen atoms in total. The minimum absolute atomic E-state index is 0.00555. The highest BCUT2D eigenvalue weighted by atomic mass is 32.2. The maximum Gasteiger partial charge on any atom is 0.343 e. The van der Waals surface area contributed by atoms with Gasteiger partial charge in [-0.3, -0.25) is 9.52 Å². The normalized spacial score (nSPS) is 15.2. The van der Waals surface area contributed by atoms with Crippen LogP contribution in [0, 0.1) is 5.92 Å². The van der Waals surface area contributed by atoms with Crippen molar-refractivity contribution < 1.29 is 22.7 Å². The number of carbonyl (C=O) groups excluding carboxylic acids is 1. The van der Waals surface area contributed by atoms with Crippen LogP contribution in [-0.2, 0) is 16.4 Å². The van der Waals surface area contributed by atoms with Crippen LogP contribution in [0.1, 0.15) is 72.7 Å². The van der Waals surface area contributed by atoms with Crippen molar-refractivity contribution >= 4 is 44.3 Å². The number of aromatic hydroxyl groups is 1. The number of aryl methyl sites for hydroxylation is 1. The van der Waals surface area contributed by atoms with Gasteiger partial charge in [0.05, 0.1) is 22.9 Å². The lowest BCUT2D eigenvalue weighted by Gasteiger charge is -2.24. The van der Waals surface area contributed by atoms with E-state index in [4.69, 9.17) is 4.42 Å². The molecule has 1 aliphatic carbocycles. The zero-order valence-corrected chi connectivity index (χ0v) is 22.6. The fourth-order valence-electron chi connectivity index (χ4n) is 5.08. The molecule has 0 bridgehead atoms. The summed E-state index contributed by atoms with van der Waals surface area (Å²) in [4.78, 5) is 26.1. The molecule has 2 heterocycles. The fraction of sp³-hybridized carbons (Fsp3) is 0.333. The van der Waals surface area contributed by atoms with Crippen LogP contribution in [-0.4, -0.2) is 28.1 Å². The van der Waals surface area contributed by atoms with Gasteiger partial charge in [-0.15, -0.1) is 0 Å². The Hall–Kier alpha value is -3.57. The Balaban J connectivity index is 1.56. The Labute approximate surface area is 223 Å². The zero-order valence-electron chi connectivity index (χ0n) is 20.9. The van der Waals surface area contributed by atoms with Gasteiger partial charge in [0.15, 0.2) is 5.78 Å². The second-order valence-corrected chi connectivity index (χ2v) is 12.0. The maximum atomic E-state index is 13.2. The number of Topliss-reactive ketones (excluding diaryl/α,β-unsaturated/α-hetero) is 1. The summed E-state index contributed by atoms with van der Waals surface area (Å²) in [6.07, 6.45) is 3.02. The number of carbonyl (C=O) groups is 1. The molecular weight excluding hydrogens is 526 g/mol. The molecule has 0 spiro atoms. The number of hydrogen-bond donors (Lipinski definition) is 2. The summed E-state index contributed by atoms with van der Waals surface area (Å²) < 4.78 is 42.9. The topological polar surface area (TPSA) is 139 Å². The molecule has 0 saturated heterocycles. The van der Waals surface area contributed by atoms with Gasteiger partial charge in [0, 0.05) is 24.4 Å². The number of ketones is 1. The molecule has 198 valence electrons. The number of nitrogens with zero attached hydrogens (tertiary/aromatic N) is 2. The van der Waals surface area contributed by atoms with Gasteiger partial charge in [0.2, 0.25) is 0 Å². The van der Waals surface area contributed by atoms with Gasteiger partial charge < -0.3 is 9.52 Å². The average molecular weight is 554 g/mol. The maximum absolute atomic E-state index is 13.2. The van der Waals surface area contributed by atoms with E-state index in [1.807, 2.05) is 13.8 Å². The molecule has 2 aromatic heterocycles. The van der Waals surface area contributed by atoms with Crippen molar-refractivity contribution in [2.75, 3.05) is 4.72 Å². The molecule has 5 rings (SSSR count). The van der Waals surface area contributed by atoms with Crippen molar-refractivity contribution in [2.45, 2.75) is 56.8 Å². The first-order valence-electron chi connectivity index (χ1n) is 12.4. The van der Waals surface area contributed by atoms with Gasteiger partial charge in [-0.1, -0.05) is 38.5 Å². The molecule has 2 aromatic carbocycles. The highest BCUT2D eigenvalue weighted by Gasteiger charge is 2.32. The molecule has 11 heteroatoms. The van der Waals surface area contributed by atoms with Gasteiger partial charge in [-0.25, -0.2) is 13.2 Å². The summed E-state index contributed by atoms with van der Waals surface area (Å²) in [6, 6.07) is 11.4. The van der Waals surface area contributed by atoms with Crippen LogP contribution in [0.3, 0.4) is 0 Å².